The van der Waals surface area contributed by atoms with Gasteiger partial charge >= 0.3 is 0 Å². The third-order valence-electron chi connectivity index (χ3n) is 4.39. The van der Waals surface area contributed by atoms with E-state index in [4.69, 9.17) is 0 Å². The Kier molecular flexibility index (Phi) is 3.58. The summed E-state index contributed by atoms with van der Waals surface area (Å²) in [7, 11) is 0. The van der Waals surface area contributed by atoms with Gasteiger partial charge in [0, 0.05) is 43.4 Å². The summed E-state index contributed by atoms with van der Waals surface area (Å²) in [5.41, 5.74) is 0. The SMILES string of the molecule is c1ccc2c(N3CCN([C@H]4CCSC4)CC3)nsc2c1. The van der Waals surface area contributed by atoms with Gasteiger partial charge in [0.25, 0.3) is 0 Å². The third kappa shape index (κ3) is 2.32. The molecule has 2 fully saturated rings. The molecule has 0 bridgehead atoms. The molecule has 20 heavy (non-hydrogen) atoms. The fraction of sp³-hybridized carbons (Fsp3) is 0.533. The normalized spacial score (nSPS) is 24.6. The Morgan fingerprint density at radius 1 is 1.10 bits per heavy atom. The van der Waals surface area contributed by atoms with Crippen LogP contribution < -0.4 is 4.90 Å². The highest BCUT2D eigenvalue weighted by molar-refractivity contribution is 7.99. The summed E-state index contributed by atoms with van der Waals surface area (Å²) < 4.78 is 5.99. The molecule has 1 atom stereocenters. The molecule has 0 spiro atoms. The van der Waals surface area contributed by atoms with E-state index >= 15 is 0 Å². The third-order valence-corrected chi connectivity index (χ3v) is 6.36. The largest absolute Gasteiger partial charge is 0.353 e. The van der Waals surface area contributed by atoms with Crippen molar-refractivity contribution >= 4 is 39.2 Å². The summed E-state index contributed by atoms with van der Waals surface area (Å²) in [5.74, 6) is 3.88. The molecule has 3 nitrogen and oxygen atoms in total. The zero-order valence-corrected chi connectivity index (χ0v) is 13.1. The fourth-order valence-corrected chi connectivity index (χ4v) is 5.26. The summed E-state index contributed by atoms with van der Waals surface area (Å²) in [6.45, 7) is 4.62. The van der Waals surface area contributed by atoms with Gasteiger partial charge in [-0.1, -0.05) is 12.1 Å². The minimum absolute atomic E-state index is 0.828. The van der Waals surface area contributed by atoms with Crippen LogP contribution in [0.1, 0.15) is 6.42 Å². The molecule has 2 aromatic rings. The number of hydrogen-bond acceptors (Lipinski definition) is 5. The van der Waals surface area contributed by atoms with E-state index < -0.39 is 0 Å². The van der Waals surface area contributed by atoms with Crippen LogP contribution in [0.5, 0.6) is 0 Å². The van der Waals surface area contributed by atoms with Gasteiger partial charge in [-0.3, -0.25) is 4.90 Å². The number of fused-ring (bicyclic) bond motifs is 1. The molecule has 2 saturated heterocycles. The predicted octanol–water partition coefficient (Wildman–Crippen LogP) is 2.92. The predicted molar refractivity (Wildman–Crippen MR) is 89.1 cm³/mol. The van der Waals surface area contributed by atoms with E-state index in [9.17, 15) is 0 Å². The molecule has 0 aliphatic carbocycles. The molecule has 0 N–H and O–H groups in total. The number of benzene rings is 1. The molecule has 2 aliphatic heterocycles. The van der Waals surface area contributed by atoms with E-state index in [2.05, 4.69) is 50.2 Å². The zero-order chi connectivity index (χ0) is 13.4. The zero-order valence-electron chi connectivity index (χ0n) is 11.5. The number of nitrogens with zero attached hydrogens (tertiary/aromatic N) is 3. The summed E-state index contributed by atoms with van der Waals surface area (Å²) >= 11 is 3.74. The Balaban J connectivity index is 1.48. The minimum Gasteiger partial charge on any atom is -0.353 e. The highest BCUT2D eigenvalue weighted by Gasteiger charge is 2.27. The van der Waals surface area contributed by atoms with E-state index in [1.54, 1.807) is 11.5 Å². The summed E-state index contributed by atoms with van der Waals surface area (Å²) in [5, 5.41) is 1.32. The molecule has 0 saturated carbocycles. The van der Waals surface area contributed by atoms with Gasteiger partial charge in [-0.2, -0.15) is 16.1 Å². The van der Waals surface area contributed by atoms with Gasteiger partial charge in [-0.15, -0.1) is 0 Å². The van der Waals surface area contributed by atoms with Crippen molar-refractivity contribution in [2.45, 2.75) is 12.5 Å². The average Bonchev–Trinajstić information content (AvgIpc) is 3.17. The standard InChI is InChI=1S/C15H19N3S2/c1-2-4-14-13(3-1)15(16-20-14)18-8-6-17(7-9-18)12-5-10-19-11-12/h1-4,12H,5-11H2/t12-/m0/s1. The van der Waals surface area contributed by atoms with Crippen LogP contribution in [0.3, 0.4) is 0 Å². The summed E-state index contributed by atoms with van der Waals surface area (Å²) in [6.07, 6.45) is 1.38. The Labute approximate surface area is 128 Å². The van der Waals surface area contributed by atoms with Crippen LogP contribution in [0.4, 0.5) is 5.82 Å². The van der Waals surface area contributed by atoms with Gasteiger partial charge < -0.3 is 4.90 Å². The van der Waals surface area contributed by atoms with Gasteiger partial charge in [-0.05, 0) is 35.8 Å². The molecule has 1 aromatic heterocycles. The maximum Gasteiger partial charge on any atom is 0.150 e. The monoisotopic (exact) mass is 305 g/mol. The number of piperazine rings is 1. The molecule has 0 radical (unpaired) electrons. The summed E-state index contributed by atoms with van der Waals surface area (Å²) in [6, 6.07) is 9.41. The highest BCUT2D eigenvalue weighted by Crippen LogP contribution is 2.30. The molecule has 106 valence electrons. The highest BCUT2D eigenvalue weighted by atomic mass is 32.2. The van der Waals surface area contributed by atoms with Gasteiger partial charge in [0.05, 0.1) is 4.70 Å². The molecule has 5 heteroatoms. The van der Waals surface area contributed by atoms with Crippen molar-refractivity contribution in [1.82, 2.24) is 9.27 Å². The first-order chi connectivity index (χ1) is 9.92. The minimum atomic E-state index is 0.828. The second-order valence-electron chi connectivity index (χ2n) is 5.54. The van der Waals surface area contributed by atoms with Crippen molar-refractivity contribution in [2.24, 2.45) is 0 Å². The number of aromatic nitrogens is 1. The lowest BCUT2D eigenvalue weighted by atomic mass is 10.2. The Hall–Kier alpha value is -0.780. The molecule has 4 rings (SSSR count). The fourth-order valence-electron chi connectivity index (χ4n) is 3.21. The van der Waals surface area contributed by atoms with E-state index in [1.807, 2.05) is 0 Å². The quantitative estimate of drug-likeness (QED) is 0.849. The maximum atomic E-state index is 4.69. The number of anilines is 1. The van der Waals surface area contributed by atoms with Gasteiger partial charge in [0.2, 0.25) is 0 Å². The topological polar surface area (TPSA) is 19.4 Å². The van der Waals surface area contributed by atoms with Gasteiger partial charge in [-0.25, -0.2) is 0 Å². The van der Waals surface area contributed by atoms with Crippen LogP contribution in [-0.4, -0.2) is 53.0 Å². The lowest BCUT2D eigenvalue weighted by Gasteiger charge is -2.38. The first kappa shape index (κ1) is 12.9. The molecule has 0 amide bonds. The van der Waals surface area contributed by atoms with Crippen LogP contribution in [0.25, 0.3) is 10.1 Å². The van der Waals surface area contributed by atoms with Crippen molar-refractivity contribution in [3.63, 3.8) is 0 Å². The number of rotatable bonds is 2. The van der Waals surface area contributed by atoms with Crippen molar-refractivity contribution < 1.29 is 0 Å². The lowest BCUT2D eigenvalue weighted by molar-refractivity contribution is 0.201. The second-order valence-corrected chi connectivity index (χ2v) is 7.50. The first-order valence-corrected chi connectivity index (χ1v) is 9.26. The maximum absolute atomic E-state index is 4.69. The Bertz CT molecular complexity index is 584. The molecule has 1 aromatic carbocycles. The number of hydrogen-bond donors (Lipinski definition) is 0. The van der Waals surface area contributed by atoms with Crippen LogP contribution in [0, 0.1) is 0 Å². The van der Waals surface area contributed by atoms with E-state index in [1.165, 1.54) is 46.9 Å². The van der Waals surface area contributed by atoms with Crippen LogP contribution in [0.2, 0.25) is 0 Å². The molecular weight excluding hydrogens is 286 g/mol. The second kappa shape index (κ2) is 5.54. The van der Waals surface area contributed by atoms with E-state index in [0.29, 0.717) is 0 Å². The summed E-state index contributed by atoms with van der Waals surface area (Å²) in [4.78, 5) is 5.16. The van der Waals surface area contributed by atoms with Crippen LogP contribution in [-0.2, 0) is 0 Å². The Morgan fingerprint density at radius 3 is 2.75 bits per heavy atom. The molecule has 2 aliphatic rings. The van der Waals surface area contributed by atoms with Crippen molar-refractivity contribution in [2.75, 3.05) is 42.6 Å². The van der Waals surface area contributed by atoms with E-state index in [-0.39, 0.29) is 0 Å². The van der Waals surface area contributed by atoms with Gasteiger partial charge in [0.1, 0.15) is 5.82 Å². The first-order valence-electron chi connectivity index (χ1n) is 7.33. The Morgan fingerprint density at radius 2 is 1.95 bits per heavy atom. The van der Waals surface area contributed by atoms with Crippen LogP contribution in [0.15, 0.2) is 24.3 Å². The van der Waals surface area contributed by atoms with Crippen molar-refractivity contribution in [1.29, 1.82) is 0 Å². The van der Waals surface area contributed by atoms with Gasteiger partial charge in [0.15, 0.2) is 0 Å². The number of thioether (sulfide) groups is 1. The molecule has 0 unspecified atom stereocenters. The smallest absolute Gasteiger partial charge is 0.150 e. The molecule has 3 heterocycles. The van der Waals surface area contributed by atoms with Crippen molar-refractivity contribution in [3.8, 4) is 0 Å². The average molecular weight is 305 g/mol. The lowest BCUT2D eigenvalue weighted by Crippen LogP contribution is -2.50. The van der Waals surface area contributed by atoms with E-state index in [0.717, 1.165) is 19.1 Å². The van der Waals surface area contributed by atoms with Crippen molar-refractivity contribution in [3.05, 3.63) is 24.3 Å². The van der Waals surface area contributed by atoms with Crippen LogP contribution >= 0.6 is 23.3 Å². The molecular formula is C15H19N3S2.